The fourth-order valence-corrected chi connectivity index (χ4v) is 2.65. The van der Waals surface area contributed by atoms with Gasteiger partial charge in [-0.15, -0.1) is 0 Å². The van der Waals surface area contributed by atoms with Crippen molar-refractivity contribution in [1.82, 2.24) is 5.32 Å². The molecule has 2 rings (SSSR count). The van der Waals surface area contributed by atoms with Gasteiger partial charge in [0.25, 0.3) is 0 Å². The second-order valence-electron chi connectivity index (χ2n) is 5.25. The smallest absolute Gasteiger partial charge is 0.123 e. The van der Waals surface area contributed by atoms with Crippen LogP contribution in [0.4, 0.5) is 4.39 Å². The van der Waals surface area contributed by atoms with Gasteiger partial charge in [0, 0.05) is 12.1 Å². The molecule has 0 spiro atoms. The molecule has 3 heteroatoms. The van der Waals surface area contributed by atoms with Crippen molar-refractivity contribution in [2.45, 2.75) is 57.2 Å². The zero-order chi connectivity index (χ0) is 13.0. The van der Waals surface area contributed by atoms with Gasteiger partial charge in [-0.1, -0.05) is 31.4 Å². The van der Waals surface area contributed by atoms with Crippen molar-refractivity contribution in [1.29, 1.82) is 0 Å². The Balaban J connectivity index is 1.97. The van der Waals surface area contributed by atoms with E-state index in [0.29, 0.717) is 0 Å². The number of aliphatic hydroxyl groups excluding tert-OH is 1. The molecular weight excluding hydrogens is 229 g/mol. The lowest BCUT2D eigenvalue weighted by Crippen LogP contribution is -2.40. The number of aliphatic hydroxyl groups is 1. The molecule has 0 radical (unpaired) electrons. The number of benzene rings is 1. The number of hydrogen-bond acceptors (Lipinski definition) is 2. The molecule has 2 N–H and O–H groups in total. The van der Waals surface area contributed by atoms with Crippen molar-refractivity contribution in [2.75, 3.05) is 0 Å². The van der Waals surface area contributed by atoms with Crippen molar-refractivity contribution in [3.8, 4) is 0 Å². The van der Waals surface area contributed by atoms with Crippen LogP contribution in [0.3, 0.4) is 0 Å². The van der Waals surface area contributed by atoms with E-state index >= 15 is 0 Å². The van der Waals surface area contributed by atoms with Crippen LogP contribution < -0.4 is 5.32 Å². The van der Waals surface area contributed by atoms with E-state index in [2.05, 4.69) is 12.2 Å². The highest BCUT2D eigenvalue weighted by atomic mass is 19.1. The van der Waals surface area contributed by atoms with Gasteiger partial charge in [-0.2, -0.15) is 0 Å². The van der Waals surface area contributed by atoms with Crippen LogP contribution in [0.5, 0.6) is 0 Å². The Labute approximate surface area is 108 Å². The van der Waals surface area contributed by atoms with Gasteiger partial charge in [-0.3, -0.25) is 0 Å². The molecule has 0 heterocycles. The van der Waals surface area contributed by atoms with E-state index in [-0.39, 0.29) is 24.0 Å². The Morgan fingerprint density at radius 3 is 2.56 bits per heavy atom. The third-order valence-corrected chi connectivity index (χ3v) is 3.81. The fourth-order valence-electron chi connectivity index (χ4n) is 2.65. The second kappa shape index (κ2) is 6.30. The summed E-state index contributed by atoms with van der Waals surface area (Å²) in [5.41, 5.74) is 1.06. The monoisotopic (exact) mass is 251 g/mol. The van der Waals surface area contributed by atoms with Crippen molar-refractivity contribution in [2.24, 2.45) is 0 Å². The van der Waals surface area contributed by atoms with Crippen LogP contribution in [0.15, 0.2) is 24.3 Å². The summed E-state index contributed by atoms with van der Waals surface area (Å²) in [6.45, 7) is 2.06. The van der Waals surface area contributed by atoms with Gasteiger partial charge in [-0.05, 0) is 37.5 Å². The van der Waals surface area contributed by atoms with Crippen LogP contribution in [0, 0.1) is 5.82 Å². The normalized spacial score (nSPS) is 26.6. The van der Waals surface area contributed by atoms with E-state index in [9.17, 15) is 9.50 Å². The molecule has 0 saturated heterocycles. The summed E-state index contributed by atoms with van der Waals surface area (Å²) < 4.78 is 12.9. The molecular formula is C15H22FNO. The van der Waals surface area contributed by atoms with Crippen LogP contribution in [-0.4, -0.2) is 17.3 Å². The first-order valence-electron chi connectivity index (χ1n) is 6.86. The van der Waals surface area contributed by atoms with E-state index in [0.717, 1.165) is 24.8 Å². The number of nitrogens with one attached hydrogen (secondary N) is 1. The minimum atomic E-state index is -0.254. The maximum Gasteiger partial charge on any atom is 0.123 e. The summed E-state index contributed by atoms with van der Waals surface area (Å²) in [5.74, 6) is -0.208. The minimum absolute atomic E-state index is 0.142. The van der Waals surface area contributed by atoms with E-state index in [4.69, 9.17) is 0 Å². The van der Waals surface area contributed by atoms with Crippen molar-refractivity contribution >= 4 is 0 Å². The van der Waals surface area contributed by atoms with Crippen molar-refractivity contribution < 1.29 is 9.50 Å². The van der Waals surface area contributed by atoms with Gasteiger partial charge < -0.3 is 10.4 Å². The van der Waals surface area contributed by atoms with E-state index in [1.807, 2.05) is 0 Å². The third kappa shape index (κ3) is 3.53. The summed E-state index contributed by atoms with van der Waals surface area (Å²) in [4.78, 5) is 0. The van der Waals surface area contributed by atoms with E-state index in [1.165, 1.54) is 25.0 Å². The molecule has 1 aromatic rings. The van der Waals surface area contributed by atoms with Crippen molar-refractivity contribution in [3.63, 3.8) is 0 Å². The highest BCUT2D eigenvalue weighted by Gasteiger charge is 2.23. The Hall–Kier alpha value is -0.930. The maximum atomic E-state index is 12.9. The van der Waals surface area contributed by atoms with Gasteiger partial charge in [0.05, 0.1) is 6.10 Å². The highest BCUT2D eigenvalue weighted by Crippen LogP contribution is 2.21. The van der Waals surface area contributed by atoms with Crippen LogP contribution in [0.2, 0.25) is 0 Å². The molecule has 2 unspecified atom stereocenters. The standard InChI is InChI=1S/C15H22FNO/c1-11(12-7-9-13(16)10-8-12)17-14-5-3-2-4-6-15(14)18/h7-11,14-15,17-18H,2-6H2,1H3/t11-,14?,15?/m1/s1. The lowest BCUT2D eigenvalue weighted by Gasteiger charge is -2.26. The summed E-state index contributed by atoms with van der Waals surface area (Å²) in [7, 11) is 0. The van der Waals surface area contributed by atoms with Crippen LogP contribution in [0.1, 0.15) is 50.6 Å². The number of halogens is 1. The van der Waals surface area contributed by atoms with Gasteiger partial charge in [0.1, 0.15) is 5.82 Å². The number of rotatable bonds is 3. The molecule has 1 saturated carbocycles. The molecule has 0 amide bonds. The summed E-state index contributed by atoms with van der Waals surface area (Å²) in [5, 5.41) is 13.5. The molecule has 18 heavy (non-hydrogen) atoms. The van der Waals surface area contributed by atoms with Crippen LogP contribution >= 0.6 is 0 Å². The molecule has 0 aliphatic heterocycles. The van der Waals surface area contributed by atoms with E-state index < -0.39 is 0 Å². The quantitative estimate of drug-likeness (QED) is 0.809. The molecule has 0 aromatic heterocycles. The molecule has 2 nitrogen and oxygen atoms in total. The summed E-state index contributed by atoms with van der Waals surface area (Å²) in [6, 6.07) is 6.87. The van der Waals surface area contributed by atoms with E-state index in [1.54, 1.807) is 12.1 Å². The second-order valence-corrected chi connectivity index (χ2v) is 5.25. The SMILES string of the molecule is C[C@@H](NC1CCCCCC1O)c1ccc(F)cc1. The molecule has 1 fully saturated rings. The molecule has 1 aromatic carbocycles. The van der Waals surface area contributed by atoms with Crippen LogP contribution in [0.25, 0.3) is 0 Å². The van der Waals surface area contributed by atoms with Gasteiger partial charge in [0.15, 0.2) is 0 Å². The Kier molecular flexibility index (Phi) is 4.72. The Bertz CT molecular complexity index is 365. The summed E-state index contributed by atoms with van der Waals surface area (Å²) in [6.07, 6.45) is 5.14. The lowest BCUT2D eigenvalue weighted by atomic mass is 10.0. The lowest BCUT2D eigenvalue weighted by molar-refractivity contribution is 0.115. The zero-order valence-corrected chi connectivity index (χ0v) is 10.9. The molecule has 3 atom stereocenters. The highest BCUT2D eigenvalue weighted by molar-refractivity contribution is 5.19. The minimum Gasteiger partial charge on any atom is -0.392 e. The first-order chi connectivity index (χ1) is 8.66. The first kappa shape index (κ1) is 13.5. The fraction of sp³-hybridized carbons (Fsp3) is 0.600. The van der Waals surface area contributed by atoms with Crippen LogP contribution in [-0.2, 0) is 0 Å². The Morgan fingerprint density at radius 1 is 1.17 bits per heavy atom. The topological polar surface area (TPSA) is 32.3 Å². The van der Waals surface area contributed by atoms with Gasteiger partial charge in [0.2, 0.25) is 0 Å². The van der Waals surface area contributed by atoms with Gasteiger partial charge in [-0.25, -0.2) is 4.39 Å². The predicted molar refractivity (Wildman–Crippen MR) is 70.8 cm³/mol. The number of hydrogen-bond donors (Lipinski definition) is 2. The average molecular weight is 251 g/mol. The Morgan fingerprint density at radius 2 is 1.83 bits per heavy atom. The zero-order valence-electron chi connectivity index (χ0n) is 10.9. The molecule has 0 bridgehead atoms. The third-order valence-electron chi connectivity index (χ3n) is 3.81. The average Bonchev–Trinajstić information content (AvgIpc) is 2.56. The molecule has 1 aliphatic carbocycles. The predicted octanol–water partition coefficient (Wildman–Crippen LogP) is 3.17. The summed E-state index contributed by atoms with van der Waals surface area (Å²) >= 11 is 0. The first-order valence-corrected chi connectivity index (χ1v) is 6.86. The molecule has 1 aliphatic rings. The van der Waals surface area contributed by atoms with Crippen molar-refractivity contribution in [3.05, 3.63) is 35.6 Å². The maximum absolute atomic E-state index is 12.9. The molecule has 100 valence electrons. The largest absolute Gasteiger partial charge is 0.392 e. The van der Waals surface area contributed by atoms with Gasteiger partial charge >= 0.3 is 0 Å².